The van der Waals surface area contributed by atoms with Gasteiger partial charge in [-0.1, -0.05) is 11.6 Å². The second kappa shape index (κ2) is 7.59. The first kappa shape index (κ1) is 16.0. The first-order chi connectivity index (χ1) is 10.1. The average molecular weight is 294 g/mol. The highest BCUT2D eigenvalue weighted by atomic mass is 16.5. The van der Waals surface area contributed by atoms with Gasteiger partial charge < -0.3 is 15.0 Å². The molecule has 1 fully saturated rings. The van der Waals surface area contributed by atoms with E-state index in [1.54, 1.807) is 19.0 Å². The zero-order chi connectivity index (χ0) is 15.2. The molecule has 1 aliphatic carbocycles. The Morgan fingerprint density at radius 1 is 1.33 bits per heavy atom. The standard InChI is InChI=1S/C16H26N2O3/c1-18(2)16(20)14-9-8-13(21-14)11-17-15(19)10-12-6-4-3-5-7-12/h6,13-14H,3-5,7-11H2,1-2H3,(H,17,19)/t13-,14-/m1/s1. The third-order valence-electron chi connectivity index (χ3n) is 4.12. The van der Waals surface area contributed by atoms with Crippen LogP contribution in [0.1, 0.15) is 44.9 Å². The van der Waals surface area contributed by atoms with Crippen molar-refractivity contribution in [1.29, 1.82) is 0 Å². The van der Waals surface area contributed by atoms with Crippen molar-refractivity contribution in [1.82, 2.24) is 10.2 Å². The van der Waals surface area contributed by atoms with Gasteiger partial charge >= 0.3 is 0 Å². The molecule has 1 heterocycles. The van der Waals surface area contributed by atoms with Gasteiger partial charge in [0.15, 0.2) is 0 Å². The third-order valence-corrected chi connectivity index (χ3v) is 4.12. The van der Waals surface area contributed by atoms with Crippen LogP contribution >= 0.6 is 0 Å². The quantitative estimate of drug-likeness (QED) is 0.784. The fourth-order valence-electron chi connectivity index (χ4n) is 2.89. The summed E-state index contributed by atoms with van der Waals surface area (Å²) >= 11 is 0. The van der Waals surface area contributed by atoms with Crippen LogP contribution in [0.25, 0.3) is 0 Å². The number of amides is 2. The predicted octanol–water partition coefficient (Wildman–Crippen LogP) is 1.63. The molecular weight excluding hydrogens is 268 g/mol. The summed E-state index contributed by atoms with van der Waals surface area (Å²) in [5.41, 5.74) is 1.26. The number of rotatable bonds is 5. The van der Waals surface area contributed by atoms with Gasteiger partial charge in [-0.3, -0.25) is 9.59 Å². The van der Waals surface area contributed by atoms with Crippen molar-refractivity contribution in [3.05, 3.63) is 11.6 Å². The van der Waals surface area contributed by atoms with Crippen LogP contribution in [-0.4, -0.2) is 49.6 Å². The molecule has 0 aromatic heterocycles. The summed E-state index contributed by atoms with van der Waals surface area (Å²) in [6.45, 7) is 0.503. The van der Waals surface area contributed by atoms with Crippen molar-refractivity contribution in [3.63, 3.8) is 0 Å². The molecule has 5 nitrogen and oxygen atoms in total. The second-order valence-corrected chi connectivity index (χ2v) is 6.15. The lowest BCUT2D eigenvalue weighted by Crippen LogP contribution is -2.36. The molecule has 118 valence electrons. The second-order valence-electron chi connectivity index (χ2n) is 6.15. The number of likely N-dealkylation sites (N-methyl/N-ethyl adjacent to an activating group) is 1. The highest BCUT2D eigenvalue weighted by Gasteiger charge is 2.31. The molecule has 1 saturated heterocycles. The monoisotopic (exact) mass is 294 g/mol. The van der Waals surface area contributed by atoms with Crippen LogP contribution in [0.5, 0.6) is 0 Å². The van der Waals surface area contributed by atoms with E-state index in [4.69, 9.17) is 4.74 Å². The van der Waals surface area contributed by atoms with E-state index in [9.17, 15) is 9.59 Å². The molecule has 1 aliphatic heterocycles. The van der Waals surface area contributed by atoms with Crippen LogP contribution in [0.3, 0.4) is 0 Å². The molecule has 2 rings (SSSR count). The van der Waals surface area contributed by atoms with Crippen LogP contribution in [0, 0.1) is 0 Å². The maximum atomic E-state index is 11.9. The van der Waals surface area contributed by atoms with Gasteiger partial charge in [0.25, 0.3) is 5.91 Å². The van der Waals surface area contributed by atoms with Crippen molar-refractivity contribution < 1.29 is 14.3 Å². The van der Waals surface area contributed by atoms with Gasteiger partial charge in [-0.05, 0) is 38.5 Å². The minimum Gasteiger partial charge on any atom is -0.363 e. The van der Waals surface area contributed by atoms with E-state index in [1.807, 2.05) is 0 Å². The van der Waals surface area contributed by atoms with Gasteiger partial charge in [-0.15, -0.1) is 0 Å². The zero-order valence-electron chi connectivity index (χ0n) is 13.1. The molecule has 0 unspecified atom stereocenters. The summed E-state index contributed by atoms with van der Waals surface area (Å²) < 4.78 is 5.70. The molecule has 2 atom stereocenters. The lowest BCUT2D eigenvalue weighted by atomic mass is 9.97. The highest BCUT2D eigenvalue weighted by molar-refractivity contribution is 5.80. The Kier molecular flexibility index (Phi) is 5.79. The number of nitrogens with one attached hydrogen (secondary N) is 1. The van der Waals surface area contributed by atoms with E-state index in [1.165, 1.54) is 18.4 Å². The topological polar surface area (TPSA) is 58.6 Å². The van der Waals surface area contributed by atoms with E-state index < -0.39 is 0 Å². The van der Waals surface area contributed by atoms with Gasteiger partial charge in [0.05, 0.1) is 6.10 Å². The number of ether oxygens (including phenoxy) is 1. The minimum atomic E-state index is -0.344. The summed E-state index contributed by atoms with van der Waals surface area (Å²) in [5.74, 6) is 0.0744. The van der Waals surface area contributed by atoms with Gasteiger partial charge in [-0.2, -0.15) is 0 Å². The van der Waals surface area contributed by atoms with E-state index in [0.29, 0.717) is 13.0 Å². The van der Waals surface area contributed by atoms with Crippen molar-refractivity contribution in [2.24, 2.45) is 0 Å². The number of carbonyl (C=O) groups excluding carboxylic acids is 2. The first-order valence-corrected chi connectivity index (χ1v) is 7.87. The minimum absolute atomic E-state index is 0.0104. The third kappa shape index (κ3) is 4.84. The van der Waals surface area contributed by atoms with Crippen LogP contribution in [0.2, 0.25) is 0 Å². The van der Waals surface area contributed by atoms with Crippen molar-refractivity contribution in [3.8, 4) is 0 Å². The van der Waals surface area contributed by atoms with E-state index in [2.05, 4.69) is 11.4 Å². The molecule has 5 heteroatoms. The molecule has 0 bridgehead atoms. The fourth-order valence-corrected chi connectivity index (χ4v) is 2.89. The molecule has 0 spiro atoms. The number of allylic oxidation sites excluding steroid dienone is 1. The Labute approximate surface area is 126 Å². The number of hydrogen-bond donors (Lipinski definition) is 1. The molecule has 0 aromatic carbocycles. The summed E-state index contributed by atoms with van der Waals surface area (Å²) in [4.78, 5) is 25.3. The maximum Gasteiger partial charge on any atom is 0.251 e. The van der Waals surface area contributed by atoms with Crippen LogP contribution in [-0.2, 0) is 14.3 Å². The molecule has 0 saturated carbocycles. The summed E-state index contributed by atoms with van der Waals surface area (Å²) in [5, 5.41) is 2.93. The Morgan fingerprint density at radius 2 is 2.14 bits per heavy atom. The molecular formula is C16H26N2O3. The molecule has 1 N–H and O–H groups in total. The zero-order valence-corrected chi connectivity index (χ0v) is 13.1. The molecule has 2 aliphatic rings. The Bertz CT molecular complexity index is 418. The predicted molar refractivity (Wildman–Crippen MR) is 80.8 cm³/mol. The summed E-state index contributed by atoms with van der Waals surface area (Å²) in [6, 6.07) is 0. The normalized spacial score (nSPS) is 25.3. The first-order valence-electron chi connectivity index (χ1n) is 7.87. The van der Waals surface area contributed by atoms with Crippen LogP contribution in [0.4, 0.5) is 0 Å². The lowest BCUT2D eigenvalue weighted by molar-refractivity contribution is -0.140. The van der Waals surface area contributed by atoms with E-state index >= 15 is 0 Å². The molecule has 2 amide bonds. The molecule has 0 aromatic rings. The number of hydrogen-bond acceptors (Lipinski definition) is 3. The van der Waals surface area contributed by atoms with Gasteiger partial charge in [0.1, 0.15) is 6.10 Å². The summed E-state index contributed by atoms with van der Waals surface area (Å²) in [7, 11) is 3.47. The van der Waals surface area contributed by atoms with Gasteiger partial charge in [0, 0.05) is 27.1 Å². The Balaban J connectivity index is 1.68. The maximum absolute atomic E-state index is 11.9. The highest BCUT2D eigenvalue weighted by Crippen LogP contribution is 2.21. The number of nitrogens with zero attached hydrogens (tertiary/aromatic N) is 1. The van der Waals surface area contributed by atoms with E-state index in [-0.39, 0.29) is 24.0 Å². The van der Waals surface area contributed by atoms with E-state index in [0.717, 1.165) is 25.7 Å². The van der Waals surface area contributed by atoms with Crippen LogP contribution in [0.15, 0.2) is 11.6 Å². The SMILES string of the molecule is CN(C)C(=O)[C@H]1CC[C@H](CNC(=O)CC2=CCCCC2)O1. The van der Waals surface area contributed by atoms with Crippen LogP contribution < -0.4 is 5.32 Å². The lowest BCUT2D eigenvalue weighted by Gasteiger charge is -2.18. The molecule has 0 radical (unpaired) electrons. The average Bonchev–Trinajstić information content (AvgIpc) is 2.94. The van der Waals surface area contributed by atoms with Crippen molar-refractivity contribution in [2.75, 3.05) is 20.6 Å². The van der Waals surface area contributed by atoms with Crippen molar-refractivity contribution >= 4 is 11.8 Å². The summed E-state index contributed by atoms with van der Waals surface area (Å²) in [6.07, 6.45) is 8.46. The van der Waals surface area contributed by atoms with Crippen molar-refractivity contribution in [2.45, 2.75) is 57.2 Å². The smallest absolute Gasteiger partial charge is 0.251 e. The Morgan fingerprint density at radius 3 is 2.81 bits per heavy atom. The van der Waals surface area contributed by atoms with Gasteiger partial charge in [0.2, 0.25) is 5.91 Å². The Hall–Kier alpha value is -1.36. The number of carbonyl (C=O) groups is 2. The fraction of sp³-hybridized carbons (Fsp3) is 0.750. The molecule has 21 heavy (non-hydrogen) atoms. The largest absolute Gasteiger partial charge is 0.363 e. The van der Waals surface area contributed by atoms with Gasteiger partial charge in [-0.25, -0.2) is 0 Å².